The number of hydrogen-bond donors (Lipinski definition) is 0. The maximum atomic E-state index is 8.46. The van der Waals surface area contributed by atoms with E-state index in [4.69, 9.17) is 5.26 Å². The third-order valence-electron chi connectivity index (χ3n) is 1.37. The van der Waals surface area contributed by atoms with Crippen molar-refractivity contribution in [2.75, 3.05) is 0 Å². The molecular formula is C8H7BrNZn. The molecule has 0 aliphatic carbocycles. The van der Waals surface area contributed by atoms with Gasteiger partial charge in [0.15, 0.2) is 0 Å². The second-order valence-corrected chi connectivity index (χ2v) is 3.11. The molecule has 0 atom stereocenters. The summed E-state index contributed by atoms with van der Waals surface area (Å²) in [5.41, 5.74) is 2.08. The summed E-state index contributed by atoms with van der Waals surface area (Å²) in [4.78, 5) is 0. The van der Waals surface area contributed by atoms with Gasteiger partial charge in [0.05, 0.1) is 0 Å². The van der Waals surface area contributed by atoms with Crippen molar-refractivity contribution in [3.05, 3.63) is 35.4 Å². The van der Waals surface area contributed by atoms with Crippen LogP contribution in [0.4, 0.5) is 0 Å². The fraction of sp³-hybridized carbons (Fsp3) is 0.125. The minimum atomic E-state index is 0. The van der Waals surface area contributed by atoms with Crippen LogP contribution in [0.15, 0.2) is 24.3 Å². The second kappa shape index (κ2) is 5.46. The van der Waals surface area contributed by atoms with E-state index in [1.54, 1.807) is 0 Å². The van der Waals surface area contributed by atoms with Crippen LogP contribution in [0.5, 0.6) is 0 Å². The van der Waals surface area contributed by atoms with E-state index in [9.17, 15) is 0 Å². The average Bonchev–Trinajstić information content (AvgIpc) is 2.05. The summed E-state index contributed by atoms with van der Waals surface area (Å²) in [6.45, 7) is 0. The van der Waals surface area contributed by atoms with Crippen molar-refractivity contribution in [3.8, 4) is 6.07 Å². The molecule has 0 heterocycles. The van der Waals surface area contributed by atoms with E-state index in [1.807, 2.05) is 24.3 Å². The molecule has 53 valence electrons. The summed E-state index contributed by atoms with van der Waals surface area (Å²) in [6, 6.07) is 9.85. The number of nitriles is 1. The first-order valence-electron chi connectivity index (χ1n) is 3.15. The van der Waals surface area contributed by atoms with E-state index in [0.717, 1.165) is 10.6 Å². The molecule has 1 rings (SSSR count). The van der Waals surface area contributed by atoms with E-state index in [0.29, 0.717) is 0 Å². The Hall–Kier alpha value is -0.187. The van der Waals surface area contributed by atoms with Crippen molar-refractivity contribution in [3.63, 3.8) is 0 Å². The van der Waals surface area contributed by atoms with Gasteiger partial charge in [0, 0.05) is 0 Å². The molecule has 0 fully saturated rings. The van der Waals surface area contributed by atoms with Gasteiger partial charge in [-0.2, -0.15) is 0 Å². The van der Waals surface area contributed by atoms with E-state index in [-0.39, 0.29) is 17.0 Å². The Bertz CT molecular complexity index is 250. The molecule has 3 heteroatoms. The Morgan fingerprint density at radius 3 is 2.18 bits per heavy atom. The van der Waals surface area contributed by atoms with E-state index in [1.165, 1.54) is 23.9 Å². The predicted octanol–water partition coefficient (Wildman–Crippen LogP) is 2.18. The molecule has 0 spiro atoms. The number of halogens is 1. The van der Waals surface area contributed by atoms with E-state index < -0.39 is 0 Å². The molecule has 0 bridgehead atoms. The first kappa shape index (κ1) is 10.8. The van der Waals surface area contributed by atoms with Crippen LogP contribution in [0.3, 0.4) is 0 Å². The van der Waals surface area contributed by atoms with Crippen molar-refractivity contribution in [1.29, 1.82) is 5.26 Å². The Morgan fingerprint density at radius 1 is 1.27 bits per heavy atom. The van der Waals surface area contributed by atoms with Crippen LogP contribution in [0.2, 0.25) is 0 Å². The van der Waals surface area contributed by atoms with Gasteiger partial charge in [-0.1, -0.05) is 0 Å². The number of rotatable bonds is 1. The molecule has 1 nitrogen and oxygen atoms in total. The topological polar surface area (TPSA) is 23.8 Å². The predicted molar refractivity (Wildman–Crippen MR) is 45.2 cm³/mol. The molecular weight excluding hydrogens is 255 g/mol. The summed E-state index contributed by atoms with van der Waals surface area (Å²) < 4.78 is 0. The summed E-state index contributed by atoms with van der Waals surface area (Å²) in [6.07, 6.45) is 0. The van der Waals surface area contributed by atoms with Gasteiger partial charge in [0.1, 0.15) is 0 Å². The van der Waals surface area contributed by atoms with Crippen LogP contribution in [0.25, 0.3) is 0 Å². The van der Waals surface area contributed by atoms with Gasteiger partial charge in [-0.25, -0.2) is 0 Å². The summed E-state index contributed by atoms with van der Waals surface area (Å²) in [7, 11) is 0. The van der Waals surface area contributed by atoms with Gasteiger partial charge < -0.3 is 0 Å². The van der Waals surface area contributed by atoms with Crippen LogP contribution in [-0.2, 0) is 23.3 Å². The van der Waals surface area contributed by atoms with Gasteiger partial charge in [-0.3, -0.25) is 0 Å². The average molecular weight is 262 g/mol. The summed E-state index contributed by atoms with van der Waals surface area (Å²) in [5.74, 6) is 0. The van der Waals surface area contributed by atoms with Crippen LogP contribution >= 0.6 is 17.0 Å². The molecule has 0 saturated carbocycles. The van der Waals surface area contributed by atoms with Gasteiger partial charge in [0.2, 0.25) is 0 Å². The van der Waals surface area contributed by atoms with Gasteiger partial charge >= 0.3 is 70.0 Å². The zero-order chi connectivity index (χ0) is 7.40. The standard InChI is InChI=1S/C8H6N.BrH.Zn/c1-7-2-4-8(6-9)5-3-7;;/h2-5H,1H2;1H;. The number of benzene rings is 1. The van der Waals surface area contributed by atoms with Crippen LogP contribution in [0, 0.1) is 11.3 Å². The van der Waals surface area contributed by atoms with E-state index >= 15 is 0 Å². The molecule has 0 radical (unpaired) electrons. The van der Waals surface area contributed by atoms with Gasteiger partial charge in [-0.15, -0.1) is 17.0 Å². The van der Waals surface area contributed by atoms with Crippen LogP contribution < -0.4 is 0 Å². The fourth-order valence-electron chi connectivity index (χ4n) is 0.746. The normalized spacial score (nSPS) is 8.09. The van der Waals surface area contributed by atoms with Crippen molar-refractivity contribution >= 4 is 17.0 Å². The molecule has 0 N–H and O–H groups in total. The third-order valence-corrected chi connectivity index (χ3v) is 2.58. The fourth-order valence-corrected chi connectivity index (χ4v) is 1.45. The van der Waals surface area contributed by atoms with Crippen LogP contribution in [0.1, 0.15) is 11.1 Å². The monoisotopic (exact) mass is 260 g/mol. The van der Waals surface area contributed by atoms with Gasteiger partial charge in [0.25, 0.3) is 0 Å². The summed E-state index contributed by atoms with van der Waals surface area (Å²) >= 11 is 1.28. The van der Waals surface area contributed by atoms with Crippen molar-refractivity contribution in [1.82, 2.24) is 0 Å². The van der Waals surface area contributed by atoms with E-state index in [2.05, 4.69) is 6.07 Å². The molecule has 0 unspecified atom stereocenters. The Balaban J connectivity index is 0.000001000. The zero-order valence-corrected chi connectivity index (χ0v) is 10.8. The molecule has 1 aromatic rings. The Morgan fingerprint density at radius 2 is 1.82 bits per heavy atom. The Labute approximate surface area is 86.9 Å². The quantitative estimate of drug-likeness (QED) is 0.712. The minimum absolute atomic E-state index is 0. The third kappa shape index (κ3) is 3.14. The first-order valence-corrected chi connectivity index (χ1v) is 5.25. The summed E-state index contributed by atoms with van der Waals surface area (Å²) in [5, 5.41) is 9.62. The van der Waals surface area contributed by atoms with Crippen molar-refractivity contribution in [2.45, 2.75) is 5.02 Å². The molecule has 11 heavy (non-hydrogen) atoms. The molecule has 0 aromatic heterocycles. The molecule has 1 aromatic carbocycles. The zero-order valence-electron chi connectivity index (χ0n) is 6.08. The molecule has 0 saturated heterocycles. The second-order valence-electron chi connectivity index (χ2n) is 2.06. The SMILES string of the molecule is Br.N#Cc1ccc([CH2][Zn])cc1. The Kier molecular flexibility index (Phi) is 5.37. The van der Waals surface area contributed by atoms with Gasteiger partial charge in [-0.05, 0) is 0 Å². The van der Waals surface area contributed by atoms with Crippen molar-refractivity contribution in [2.24, 2.45) is 0 Å². The number of nitrogens with zero attached hydrogens (tertiary/aromatic N) is 1. The number of hydrogen-bond acceptors (Lipinski definition) is 1. The molecule has 0 aliphatic rings. The molecule has 0 amide bonds. The molecule has 0 aliphatic heterocycles. The first-order chi connectivity index (χ1) is 4.86. The van der Waals surface area contributed by atoms with Crippen LogP contribution in [-0.4, -0.2) is 0 Å². The van der Waals surface area contributed by atoms with Crippen molar-refractivity contribution < 1.29 is 18.3 Å². The maximum absolute atomic E-state index is 8.46.